The Morgan fingerprint density at radius 1 is 0.912 bits per heavy atom. The number of amides is 3. The van der Waals surface area contributed by atoms with Crippen molar-refractivity contribution in [1.29, 1.82) is 0 Å². The van der Waals surface area contributed by atoms with Gasteiger partial charge in [-0.05, 0) is 50.6 Å². The summed E-state index contributed by atoms with van der Waals surface area (Å²) in [5.74, 6) is 0.132. The molecule has 0 aromatic heterocycles. The maximum atomic E-state index is 13.7. The minimum Gasteiger partial charge on any atom is -0.492 e. The third kappa shape index (κ3) is 4.78. The number of hydrogen-bond acceptors (Lipinski definition) is 4. The molecule has 0 fully saturated rings. The van der Waals surface area contributed by atoms with Gasteiger partial charge in [0.25, 0.3) is 5.91 Å². The van der Waals surface area contributed by atoms with E-state index in [1.54, 1.807) is 36.1 Å². The highest BCUT2D eigenvalue weighted by Crippen LogP contribution is 2.32. The fourth-order valence-corrected chi connectivity index (χ4v) is 4.01. The molecule has 1 radical (unpaired) electrons. The predicted molar refractivity (Wildman–Crippen MR) is 133 cm³/mol. The standard InChI is InChI=1S/C27H27N4O3/c1-4-34-24-17-11-10-16-23(24)30-27(33)31(18(2)20-12-6-5-7-13-20)19(3)25-26(32)29-22-15-9-8-14-21(22)28-25/h5-19H,4H2,1-3H3,(H,30,33). The number of nitrogens with zero attached hydrogens (tertiary/aromatic N) is 3. The van der Waals surface area contributed by atoms with E-state index in [9.17, 15) is 9.59 Å². The Kier molecular flexibility index (Phi) is 6.92. The first kappa shape index (κ1) is 23.0. The molecule has 3 aromatic rings. The number of carbonyl (C=O) groups excluding carboxylic acids is 2. The van der Waals surface area contributed by atoms with Gasteiger partial charge in [-0.15, -0.1) is 0 Å². The number of fused-ring (bicyclic) bond motifs is 1. The zero-order valence-electron chi connectivity index (χ0n) is 19.4. The van der Waals surface area contributed by atoms with Gasteiger partial charge in [-0.2, -0.15) is 0 Å². The van der Waals surface area contributed by atoms with Crippen LogP contribution in [0.1, 0.15) is 32.4 Å². The molecule has 3 amide bonds. The maximum absolute atomic E-state index is 13.7. The lowest BCUT2D eigenvalue weighted by Crippen LogP contribution is -2.50. The fourth-order valence-electron chi connectivity index (χ4n) is 4.01. The SMILES string of the molecule is CCOc1ccccc1NC(=O)N(C(C)C1=Nc2ccccc2[N]C1=O)C(C)c1ccccc1. The lowest BCUT2D eigenvalue weighted by atomic mass is 10.0. The van der Waals surface area contributed by atoms with E-state index in [1.165, 1.54) is 0 Å². The molecule has 173 valence electrons. The average molecular weight is 456 g/mol. The lowest BCUT2D eigenvalue weighted by Gasteiger charge is -2.36. The van der Waals surface area contributed by atoms with Crippen molar-refractivity contribution in [3.8, 4) is 5.75 Å². The number of anilines is 1. The summed E-state index contributed by atoms with van der Waals surface area (Å²) in [6, 6.07) is 22.8. The number of benzene rings is 3. The van der Waals surface area contributed by atoms with E-state index in [-0.39, 0.29) is 17.8 Å². The molecule has 1 aliphatic rings. The van der Waals surface area contributed by atoms with Crippen LogP contribution in [0.5, 0.6) is 5.75 Å². The first-order valence-electron chi connectivity index (χ1n) is 11.3. The molecule has 34 heavy (non-hydrogen) atoms. The second-order valence-corrected chi connectivity index (χ2v) is 7.93. The van der Waals surface area contributed by atoms with E-state index >= 15 is 0 Å². The van der Waals surface area contributed by atoms with Gasteiger partial charge in [0.1, 0.15) is 11.5 Å². The molecular weight excluding hydrogens is 428 g/mol. The van der Waals surface area contributed by atoms with Crippen LogP contribution in [0, 0.1) is 0 Å². The summed E-state index contributed by atoms with van der Waals surface area (Å²) in [6.07, 6.45) is 0. The molecule has 4 rings (SSSR count). The van der Waals surface area contributed by atoms with Crippen molar-refractivity contribution < 1.29 is 14.3 Å². The van der Waals surface area contributed by atoms with Gasteiger partial charge in [0.2, 0.25) is 0 Å². The third-order valence-electron chi connectivity index (χ3n) is 5.74. The van der Waals surface area contributed by atoms with Gasteiger partial charge >= 0.3 is 6.03 Å². The van der Waals surface area contributed by atoms with E-state index in [0.29, 0.717) is 29.4 Å². The summed E-state index contributed by atoms with van der Waals surface area (Å²) >= 11 is 0. The van der Waals surface area contributed by atoms with Crippen LogP contribution < -0.4 is 15.4 Å². The minimum absolute atomic E-state index is 0.217. The van der Waals surface area contributed by atoms with E-state index < -0.39 is 11.9 Å². The Hall–Kier alpha value is -4.13. The topological polar surface area (TPSA) is 85.1 Å². The molecule has 1 heterocycles. The van der Waals surface area contributed by atoms with Crippen LogP contribution in [0.25, 0.3) is 0 Å². The summed E-state index contributed by atoms with van der Waals surface area (Å²) in [6.45, 7) is 6.09. The molecule has 0 spiro atoms. The Bertz CT molecular complexity index is 1210. The van der Waals surface area contributed by atoms with E-state index in [1.807, 2.05) is 68.4 Å². The lowest BCUT2D eigenvalue weighted by molar-refractivity contribution is -0.114. The number of nitrogens with one attached hydrogen (secondary N) is 1. The van der Waals surface area contributed by atoms with Crippen molar-refractivity contribution >= 4 is 34.7 Å². The number of carbonyl (C=O) groups is 2. The summed E-state index contributed by atoms with van der Waals surface area (Å²) in [4.78, 5) is 32.8. The molecule has 0 aliphatic carbocycles. The molecule has 0 bridgehead atoms. The highest BCUT2D eigenvalue weighted by atomic mass is 16.5. The van der Waals surface area contributed by atoms with Crippen molar-refractivity contribution in [2.75, 3.05) is 11.9 Å². The molecule has 0 saturated heterocycles. The van der Waals surface area contributed by atoms with Crippen molar-refractivity contribution in [2.45, 2.75) is 32.9 Å². The van der Waals surface area contributed by atoms with Crippen LogP contribution in [0.3, 0.4) is 0 Å². The second-order valence-electron chi connectivity index (χ2n) is 7.93. The normalized spacial score (nSPS) is 14.2. The second kappa shape index (κ2) is 10.2. The maximum Gasteiger partial charge on any atom is 0.323 e. The van der Waals surface area contributed by atoms with Crippen LogP contribution in [0.4, 0.5) is 21.9 Å². The smallest absolute Gasteiger partial charge is 0.323 e. The number of aliphatic imine (C=N–C) groups is 1. The summed E-state index contributed by atoms with van der Waals surface area (Å²) < 4.78 is 5.67. The van der Waals surface area contributed by atoms with Crippen LogP contribution in [-0.2, 0) is 4.79 Å². The molecule has 2 unspecified atom stereocenters. The summed E-state index contributed by atoms with van der Waals surface area (Å²) in [7, 11) is 0. The Labute approximate surface area is 199 Å². The van der Waals surface area contributed by atoms with Crippen LogP contribution in [0.15, 0.2) is 83.9 Å². The van der Waals surface area contributed by atoms with Crippen molar-refractivity contribution in [1.82, 2.24) is 10.2 Å². The molecule has 7 heteroatoms. The molecule has 1 aliphatic heterocycles. The Morgan fingerprint density at radius 3 is 2.29 bits per heavy atom. The Balaban J connectivity index is 1.71. The largest absolute Gasteiger partial charge is 0.492 e. The van der Waals surface area contributed by atoms with Gasteiger partial charge < -0.3 is 15.0 Å². The zero-order valence-corrected chi connectivity index (χ0v) is 19.4. The first-order valence-corrected chi connectivity index (χ1v) is 11.3. The van der Waals surface area contributed by atoms with Crippen LogP contribution in [0.2, 0.25) is 0 Å². The number of para-hydroxylation sites is 4. The number of urea groups is 1. The minimum atomic E-state index is -0.640. The van der Waals surface area contributed by atoms with E-state index in [0.717, 1.165) is 5.56 Å². The van der Waals surface area contributed by atoms with Gasteiger partial charge in [0.05, 0.1) is 35.8 Å². The number of rotatable bonds is 7. The molecule has 2 atom stereocenters. The van der Waals surface area contributed by atoms with Crippen LogP contribution >= 0.6 is 0 Å². The van der Waals surface area contributed by atoms with E-state index in [4.69, 9.17) is 4.74 Å². The zero-order chi connectivity index (χ0) is 24.1. The van der Waals surface area contributed by atoms with Gasteiger partial charge in [0, 0.05) is 0 Å². The van der Waals surface area contributed by atoms with E-state index in [2.05, 4.69) is 15.6 Å². The summed E-state index contributed by atoms with van der Waals surface area (Å²) in [5.41, 5.74) is 2.84. The number of ether oxygens (including phenoxy) is 1. The molecule has 7 nitrogen and oxygen atoms in total. The molecule has 3 aromatic carbocycles. The van der Waals surface area contributed by atoms with Crippen molar-refractivity contribution in [3.05, 3.63) is 84.4 Å². The fraction of sp³-hybridized carbons (Fsp3) is 0.222. The molecule has 1 N–H and O–H groups in total. The number of hydrogen-bond donors (Lipinski definition) is 1. The quantitative estimate of drug-likeness (QED) is 0.502. The van der Waals surface area contributed by atoms with Crippen molar-refractivity contribution in [3.63, 3.8) is 0 Å². The average Bonchev–Trinajstić information content (AvgIpc) is 2.85. The van der Waals surface area contributed by atoms with Gasteiger partial charge in [-0.1, -0.05) is 54.6 Å². The molecule has 0 saturated carbocycles. The highest BCUT2D eigenvalue weighted by molar-refractivity contribution is 6.43. The molecular formula is C27H27N4O3. The Morgan fingerprint density at radius 2 is 1.56 bits per heavy atom. The van der Waals surface area contributed by atoms with Gasteiger partial charge in [0.15, 0.2) is 0 Å². The summed E-state index contributed by atoms with van der Waals surface area (Å²) in [5, 5.41) is 7.16. The van der Waals surface area contributed by atoms with Gasteiger partial charge in [-0.3, -0.25) is 4.79 Å². The predicted octanol–water partition coefficient (Wildman–Crippen LogP) is 5.62. The van der Waals surface area contributed by atoms with Crippen LogP contribution in [-0.4, -0.2) is 35.2 Å². The van der Waals surface area contributed by atoms with Crippen molar-refractivity contribution in [2.24, 2.45) is 4.99 Å². The third-order valence-corrected chi connectivity index (χ3v) is 5.74. The van der Waals surface area contributed by atoms with Gasteiger partial charge in [-0.25, -0.2) is 15.1 Å². The highest BCUT2D eigenvalue weighted by Gasteiger charge is 2.35. The monoisotopic (exact) mass is 455 g/mol. The first-order chi connectivity index (χ1) is 16.5.